The lowest BCUT2D eigenvalue weighted by Gasteiger charge is -2.43. The number of alkyl carbamates (subject to hydrolysis) is 1. The molecule has 2 heterocycles. The van der Waals surface area contributed by atoms with Crippen LogP contribution < -0.4 is 16.0 Å². The molecule has 1 fully saturated rings. The highest BCUT2D eigenvalue weighted by molar-refractivity contribution is 7.09. The van der Waals surface area contributed by atoms with E-state index in [1.807, 2.05) is 56.0 Å². The first-order valence-corrected chi connectivity index (χ1v) is 17.2. The van der Waals surface area contributed by atoms with Crippen LogP contribution in [-0.2, 0) is 32.1 Å². The van der Waals surface area contributed by atoms with E-state index in [0.717, 1.165) is 10.4 Å². The van der Waals surface area contributed by atoms with Crippen molar-refractivity contribution in [1.29, 1.82) is 0 Å². The maximum Gasteiger partial charge on any atom is 0.410 e. The maximum absolute atomic E-state index is 13.7. The maximum atomic E-state index is 13.7. The summed E-state index contributed by atoms with van der Waals surface area (Å²) in [5, 5.41) is 20.3. The van der Waals surface area contributed by atoms with E-state index in [2.05, 4.69) is 20.9 Å². The fraction of sp³-hybridized carbons (Fsp3) is 0.618. The number of aliphatic hydroxyl groups excluding tert-OH is 1. The number of carbonyl (C=O) groups is 4. The van der Waals surface area contributed by atoms with Crippen molar-refractivity contribution < 1.29 is 33.8 Å². The van der Waals surface area contributed by atoms with Crippen LogP contribution in [0.15, 0.2) is 42.0 Å². The number of carbonyl (C=O) groups excluding carboxylic acids is 4. The van der Waals surface area contributed by atoms with Crippen LogP contribution in [-0.4, -0.2) is 105 Å². The molecule has 4 N–H and O–H groups in total. The van der Waals surface area contributed by atoms with Gasteiger partial charge in [-0.25, -0.2) is 9.59 Å². The van der Waals surface area contributed by atoms with E-state index in [9.17, 15) is 24.3 Å². The quantitative estimate of drug-likeness (QED) is 0.262. The number of piperazine rings is 1. The Labute approximate surface area is 287 Å². The molecule has 1 saturated heterocycles. The Bertz CT molecular complexity index is 1340. The molecular formula is C34H52N6O7S. The Morgan fingerprint density at radius 1 is 1.04 bits per heavy atom. The van der Waals surface area contributed by atoms with Crippen LogP contribution in [0.3, 0.4) is 0 Å². The number of aromatic nitrogens is 1. The van der Waals surface area contributed by atoms with Gasteiger partial charge < -0.3 is 35.4 Å². The van der Waals surface area contributed by atoms with E-state index in [0.29, 0.717) is 19.5 Å². The van der Waals surface area contributed by atoms with Crippen LogP contribution in [0, 0.1) is 5.92 Å². The third-order valence-electron chi connectivity index (χ3n) is 7.51. The van der Waals surface area contributed by atoms with E-state index in [4.69, 9.17) is 9.47 Å². The number of nitrogens with one attached hydrogen (secondary N) is 3. The molecule has 266 valence electrons. The minimum Gasteiger partial charge on any atom is -0.444 e. The van der Waals surface area contributed by atoms with Crippen molar-refractivity contribution in [3.63, 3.8) is 0 Å². The van der Waals surface area contributed by atoms with Crippen molar-refractivity contribution in [3.8, 4) is 0 Å². The second-order valence-corrected chi connectivity index (χ2v) is 15.4. The number of hydrogen-bond donors (Lipinski definition) is 4. The lowest BCUT2D eigenvalue weighted by atomic mass is 9.97. The van der Waals surface area contributed by atoms with E-state index in [1.165, 1.54) is 16.2 Å². The largest absolute Gasteiger partial charge is 0.444 e. The molecular weight excluding hydrogens is 636 g/mol. The van der Waals surface area contributed by atoms with E-state index in [1.54, 1.807) is 46.3 Å². The average molecular weight is 689 g/mol. The molecule has 2 aromatic rings. The number of benzene rings is 1. The first-order valence-electron chi connectivity index (χ1n) is 16.3. The zero-order valence-corrected chi connectivity index (χ0v) is 30.1. The highest BCUT2D eigenvalue weighted by atomic mass is 32.1. The van der Waals surface area contributed by atoms with Crippen LogP contribution in [0.5, 0.6) is 0 Å². The van der Waals surface area contributed by atoms with Gasteiger partial charge in [-0.05, 0) is 59.4 Å². The molecule has 0 saturated carbocycles. The Morgan fingerprint density at radius 2 is 1.73 bits per heavy atom. The van der Waals surface area contributed by atoms with Gasteiger partial charge in [-0.1, -0.05) is 44.2 Å². The number of aliphatic hydroxyl groups is 1. The molecule has 48 heavy (non-hydrogen) atoms. The lowest BCUT2D eigenvalue weighted by Crippen LogP contribution is -2.64. The van der Waals surface area contributed by atoms with Crippen molar-refractivity contribution in [3.05, 3.63) is 52.5 Å². The first kappa shape index (κ1) is 38.7. The van der Waals surface area contributed by atoms with Crippen LogP contribution in [0.25, 0.3) is 0 Å². The summed E-state index contributed by atoms with van der Waals surface area (Å²) < 4.78 is 10.9. The third-order valence-corrected chi connectivity index (χ3v) is 8.26. The molecule has 4 atom stereocenters. The van der Waals surface area contributed by atoms with Gasteiger partial charge in [0.05, 0.1) is 22.5 Å². The minimum atomic E-state index is -1.11. The molecule has 3 rings (SSSR count). The molecule has 0 radical (unpaired) electrons. The summed E-state index contributed by atoms with van der Waals surface area (Å²) in [5.41, 5.74) is 1.30. The first-order chi connectivity index (χ1) is 22.4. The number of amides is 4. The highest BCUT2D eigenvalue weighted by Gasteiger charge is 2.39. The molecule has 1 aromatic carbocycles. The third kappa shape index (κ3) is 12.7. The van der Waals surface area contributed by atoms with Crippen molar-refractivity contribution >= 4 is 35.3 Å². The molecule has 0 bridgehead atoms. The zero-order chi connectivity index (χ0) is 35.6. The zero-order valence-electron chi connectivity index (χ0n) is 29.3. The van der Waals surface area contributed by atoms with Gasteiger partial charge in [0.1, 0.15) is 24.3 Å². The molecule has 1 aromatic heterocycles. The summed E-state index contributed by atoms with van der Waals surface area (Å²) in [5.74, 6) is -1.05. The van der Waals surface area contributed by atoms with Gasteiger partial charge >= 0.3 is 12.2 Å². The van der Waals surface area contributed by atoms with E-state index >= 15 is 0 Å². The smallest absolute Gasteiger partial charge is 0.410 e. The van der Waals surface area contributed by atoms with Crippen molar-refractivity contribution in [2.75, 3.05) is 26.2 Å². The normalized spacial score (nSPS) is 17.6. The highest BCUT2D eigenvalue weighted by Crippen LogP contribution is 2.19. The van der Waals surface area contributed by atoms with Crippen LogP contribution in [0.2, 0.25) is 0 Å². The Balaban J connectivity index is 1.78. The molecule has 13 nitrogen and oxygen atoms in total. The second kappa shape index (κ2) is 17.1. The van der Waals surface area contributed by atoms with Gasteiger partial charge in [0, 0.05) is 37.9 Å². The summed E-state index contributed by atoms with van der Waals surface area (Å²) in [4.78, 5) is 60.9. The van der Waals surface area contributed by atoms with E-state index in [-0.39, 0.29) is 31.5 Å². The SMILES string of the molecule is CC(C)[C@H](NC(=O)OCc1cncs1)C(=O)N[C@@H](Cc1ccccc1)[C@H](O)CN1CCN(C(=O)OC(C)(C)C)C[C@H]1C(=O)NC(C)(C)C. The number of ether oxygens (including phenoxy) is 2. The van der Waals surface area contributed by atoms with E-state index < -0.39 is 53.5 Å². The Hall–Kier alpha value is -3.75. The number of β-amino-alcohol motifs (C(OH)–C–C–N with tert-alkyl or cyclic N) is 1. The minimum absolute atomic E-state index is 0.0312. The molecule has 0 aliphatic carbocycles. The standard InChI is InChI=1S/C34H52N6O7S/c1-22(2)28(37-31(44)46-20-24-17-35-21-48-24)30(43)36-25(16-23-12-10-9-11-13-23)27(41)19-39-14-15-40(32(45)47-34(6,7)8)18-26(39)29(42)38-33(3,4)5/h9-13,17,21-22,25-28,41H,14-16,18-20H2,1-8H3,(H,36,43)(H,37,44)(H,38,42)/t25-,26-,27+,28-/m0/s1. The topological polar surface area (TPSA) is 162 Å². The summed E-state index contributed by atoms with van der Waals surface area (Å²) in [7, 11) is 0. The molecule has 0 spiro atoms. The van der Waals surface area contributed by atoms with Gasteiger partial charge in [-0.15, -0.1) is 11.3 Å². The van der Waals surface area contributed by atoms with Gasteiger partial charge in [0.25, 0.3) is 0 Å². The summed E-state index contributed by atoms with van der Waals surface area (Å²) in [6.07, 6.45) is -0.463. The monoisotopic (exact) mass is 688 g/mol. The summed E-state index contributed by atoms with van der Waals surface area (Å²) in [6.45, 7) is 15.3. The summed E-state index contributed by atoms with van der Waals surface area (Å²) >= 11 is 1.35. The number of thiazole rings is 1. The van der Waals surface area contributed by atoms with Crippen LogP contribution in [0.1, 0.15) is 65.8 Å². The number of hydrogen-bond acceptors (Lipinski definition) is 10. The van der Waals surface area contributed by atoms with Gasteiger partial charge in [0.15, 0.2) is 0 Å². The number of rotatable bonds is 12. The van der Waals surface area contributed by atoms with Crippen molar-refractivity contribution in [2.24, 2.45) is 5.92 Å². The van der Waals surface area contributed by atoms with Crippen LogP contribution >= 0.6 is 11.3 Å². The fourth-order valence-corrected chi connectivity index (χ4v) is 5.68. The Kier molecular flexibility index (Phi) is 13.8. The Morgan fingerprint density at radius 3 is 2.31 bits per heavy atom. The fourth-order valence-electron chi connectivity index (χ4n) is 5.18. The van der Waals surface area contributed by atoms with Gasteiger partial charge in [-0.2, -0.15) is 0 Å². The molecule has 4 amide bonds. The molecule has 14 heteroatoms. The average Bonchev–Trinajstić information content (AvgIpc) is 3.51. The molecule has 1 aliphatic heterocycles. The van der Waals surface area contributed by atoms with Gasteiger partial charge in [-0.3, -0.25) is 19.5 Å². The molecule has 0 unspecified atom stereocenters. The second-order valence-electron chi connectivity index (χ2n) is 14.5. The number of nitrogens with zero attached hydrogens (tertiary/aromatic N) is 3. The summed E-state index contributed by atoms with van der Waals surface area (Å²) in [6, 6.07) is 6.96. The lowest BCUT2D eigenvalue weighted by molar-refractivity contribution is -0.132. The predicted molar refractivity (Wildman–Crippen MR) is 183 cm³/mol. The molecule has 1 aliphatic rings. The van der Waals surface area contributed by atoms with Crippen LogP contribution in [0.4, 0.5) is 9.59 Å². The predicted octanol–water partition coefficient (Wildman–Crippen LogP) is 3.32. The van der Waals surface area contributed by atoms with Crippen molar-refractivity contribution in [2.45, 2.75) is 104 Å². The van der Waals surface area contributed by atoms with Crippen molar-refractivity contribution in [1.82, 2.24) is 30.7 Å². The van der Waals surface area contributed by atoms with Gasteiger partial charge in [0.2, 0.25) is 11.8 Å².